The highest BCUT2D eigenvalue weighted by atomic mass is 16.7. The van der Waals surface area contributed by atoms with Crippen molar-refractivity contribution in [2.45, 2.75) is 76.5 Å². The molecule has 1 aliphatic heterocycles. The van der Waals surface area contributed by atoms with Crippen LogP contribution in [0, 0.1) is 0 Å². The lowest BCUT2D eigenvalue weighted by molar-refractivity contribution is -0.252. The van der Waals surface area contributed by atoms with Crippen molar-refractivity contribution >= 4 is 17.5 Å². The van der Waals surface area contributed by atoms with E-state index < -0.39 is 12.2 Å². The molecule has 4 rings (SSSR count). The molecule has 3 atom stereocenters. The Kier molecular flexibility index (Phi) is 13.3. The lowest BCUT2D eigenvalue weighted by Crippen LogP contribution is -2.38. The molecule has 0 saturated carbocycles. The molecule has 2 amide bonds. The number of likely N-dealkylation sites (N-methyl/N-ethyl adjacent to an activating group) is 1. The van der Waals surface area contributed by atoms with Gasteiger partial charge in [-0.1, -0.05) is 55.3 Å². The summed E-state index contributed by atoms with van der Waals surface area (Å²) < 4.78 is 13.0. The molecule has 0 aliphatic carbocycles. The van der Waals surface area contributed by atoms with E-state index in [0.717, 1.165) is 54.7 Å². The van der Waals surface area contributed by atoms with Crippen molar-refractivity contribution in [1.29, 1.82) is 0 Å². The van der Waals surface area contributed by atoms with Crippen LogP contribution in [-0.4, -0.2) is 58.3 Å². The molecule has 0 bridgehead atoms. The minimum absolute atomic E-state index is 0.0108. The summed E-state index contributed by atoms with van der Waals surface area (Å²) in [6.07, 6.45) is 6.13. The molecule has 10 nitrogen and oxygen atoms in total. The zero-order chi connectivity index (χ0) is 31.1. The summed E-state index contributed by atoms with van der Waals surface area (Å²) in [6.45, 7) is 1.56. The van der Waals surface area contributed by atoms with Crippen molar-refractivity contribution in [3.05, 3.63) is 95.3 Å². The van der Waals surface area contributed by atoms with Crippen molar-refractivity contribution in [2.75, 3.05) is 25.5 Å². The number of ether oxygens (including phenoxy) is 2. The van der Waals surface area contributed by atoms with Crippen LogP contribution in [0.1, 0.15) is 79.7 Å². The summed E-state index contributed by atoms with van der Waals surface area (Å²) in [7, 11) is 2.09. The van der Waals surface area contributed by atoms with E-state index in [4.69, 9.17) is 14.7 Å². The lowest BCUT2D eigenvalue weighted by Gasteiger charge is -2.38. The van der Waals surface area contributed by atoms with Gasteiger partial charge >= 0.3 is 0 Å². The summed E-state index contributed by atoms with van der Waals surface area (Å²) in [6, 6.07) is 21.4. The number of aromatic nitrogens is 1. The molecule has 236 valence electrons. The molecule has 44 heavy (non-hydrogen) atoms. The molecular weight excluding hydrogens is 560 g/mol. The Labute approximate surface area is 259 Å². The van der Waals surface area contributed by atoms with E-state index in [1.54, 1.807) is 5.48 Å². The van der Waals surface area contributed by atoms with E-state index in [0.29, 0.717) is 31.4 Å². The number of unbranched alkanes of at least 4 members (excludes halogenated alkanes) is 3. The molecule has 0 spiro atoms. The van der Waals surface area contributed by atoms with Gasteiger partial charge in [-0.3, -0.25) is 19.8 Å². The van der Waals surface area contributed by atoms with Gasteiger partial charge in [0.25, 0.3) is 0 Å². The van der Waals surface area contributed by atoms with Crippen LogP contribution < -0.4 is 10.8 Å². The Hall–Kier alpha value is -3.67. The van der Waals surface area contributed by atoms with Crippen LogP contribution in [-0.2, 0) is 32.1 Å². The first kappa shape index (κ1) is 33.2. The van der Waals surface area contributed by atoms with Gasteiger partial charge in [0.2, 0.25) is 11.8 Å². The molecular formula is C34H44N4O6. The third-order valence-electron chi connectivity index (χ3n) is 7.73. The summed E-state index contributed by atoms with van der Waals surface area (Å²) in [5, 5.41) is 21.0. The number of hydroxylamine groups is 1. The first-order valence-electron chi connectivity index (χ1n) is 15.4. The number of rotatable bonds is 16. The average molecular weight is 605 g/mol. The maximum atomic E-state index is 12.6. The number of carbonyl (C=O) groups excluding carboxylic acids is 2. The SMILES string of the molecule is CN(CCc1ccccn1)CC1CC(c2ccc(CO)cc2)OC(c2cccc(NC(=O)CCCCCCC(=O)NO)c2)O1. The molecule has 2 heterocycles. The van der Waals surface area contributed by atoms with Crippen LogP contribution in [0.15, 0.2) is 72.9 Å². The summed E-state index contributed by atoms with van der Waals surface area (Å²) >= 11 is 0. The normalized spacial score (nSPS) is 18.2. The fraction of sp³-hybridized carbons (Fsp3) is 0.441. The van der Waals surface area contributed by atoms with Gasteiger partial charge in [-0.2, -0.15) is 0 Å². The van der Waals surface area contributed by atoms with Crippen LogP contribution in [0.2, 0.25) is 0 Å². The fourth-order valence-electron chi connectivity index (χ4n) is 5.29. The predicted octanol–water partition coefficient (Wildman–Crippen LogP) is 5.08. The van der Waals surface area contributed by atoms with E-state index >= 15 is 0 Å². The number of nitrogens with zero attached hydrogens (tertiary/aromatic N) is 2. The van der Waals surface area contributed by atoms with Crippen LogP contribution in [0.3, 0.4) is 0 Å². The summed E-state index contributed by atoms with van der Waals surface area (Å²) in [5.74, 6) is -0.464. The van der Waals surface area contributed by atoms with Crippen LogP contribution in [0.4, 0.5) is 5.69 Å². The number of aliphatic hydroxyl groups is 1. The van der Waals surface area contributed by atoms with Gasteiger partial charge in [0, 0.05) is 61.9 Å². The Morgan fingerprint density at radius 3 is 2.41 bits per heavy atom. The number of carbonyl (C=O) groups is 2. The first-order chi connectivity index (χ1) is 21.4. The number of benzene rings is 2. The molecule has 1 aromatic heterocycles. The van der Waals surface area contributed by atoms with E-state index in [1.165, 1.54) is 0 Å². The number of pyridine rings is 1. The second kappa shape index (κ2) is 17.6. The highest BCUT2D eigenvalue weighted by Gasteiger charge is 2.33. The zero-order valence-corrected chi connectivity index (χ0v) is 25.4. The molecule has 0 radical (unpaired) electrons. The quantitative estimate of drug-likeness (QED) is 0.101. The van der Waals surface area contributed by atoms with Gasteiger partial charge in [-0.05, 0) is 55.3 Å². The Morgan fingerprint density at radius 2 is 1.70 bits per heavy atom. The van der Waals surface area contributed by atoms with Gasteiger partial charge in [-0.15, -0.1) is 0 Å². The molecule has 10 heteroatoms. The maximum absolute atomic E-state index is 12.6. The largest absolute Gasteiger partial charge is 0.392 e. The third kappa shape index (κ3) is 10.8. The van der Waals surface area contributed by atoms with E-state index in [2.05, 4.69) is 22.2 Å². The van der Waals surface area contributed by atoms with Gasteiger partial charge in [0.15, 0.2) is 6.29 Å². The molecule has 1 saturated heterocycles. The van der Waals surface area contributed by atoms with Crippen molar-refractivity contribution in [2.24, 2.45) is 0 Å². The van der Waals surface area contributed by atoms with Gasteiger partial charge in [0.05, 0.1) is 18.8 Å². The summed E-state index contributed by atoms with van der Waals surface area (Å²) in [4.78, 5) is 30.4. The zero-order valence-electron chi connectivity index (χ0n) is 25.4. The van der Waals surface area contributed by atoms with E-state index in [9.17, 15) is 14.7 Å². The number of anilines is 1. The number of nitrogens with one attached hydrogen (secondary N) is 2. The second-order valence-corrected chi connectivity index (χ2v) is 11.3. The minimum atomic E-state index is -0.617. The molecule has 4 N–H and O–H groups in total. The fourth-order valence-corrected chi connectivity index (χ4v) is 5.29. The topological polar surface area (TPSA) is 133 Å². The van der Waals surface area contributed by atoms with Gasteiger partial charge in [-0.25, -0.2) is 5.48 Å². The van der Waals surface area contributed by atoms with Crippen LogP contribution in [0.5, 0.6) is 0 Å². The minimum Gasteiger partial charge on any atom is -0.392 e. The Bertz CT molecular complexity index is 1310. The van der Waals surface area contributed by atoms with Crippen molar-refractivity contribution < 1.29 is 29.4 Å². The van der Waals surface area contributed by atoms with Crippen molar-refractivity contribution in [1.82, 2.24) is 15.4 Å². The molecule has 3 unspecified atom stereocenters. The Balaban J connectivity index is 1.37. The highest BCUT2D eigenvalue weighted by Crippen LogP contribution is 2.38. The highest BCUT2D eigenvalue weighted by molar-refractivity contribution is 5.90. The lowest BCUT2D eigenvalue weighted by atomic mass is 9.99. The standard InChI is InChI=1S/C34H44N4O6/c1-38(20-18-28-10-6-7-19-35-28)23-30-22-31(26-16-14-25(24-39)15-17-26)44-34(43-30)27-9-8-11-29(21-27)36-32(40)12-4-2-3-5-13-33(41)37-42/h6-11,14-17,19,21,30-31,34,39,42H,2-5,12-13,18,20,22-24H2,1H3,(H,36,40)(H,37,41). The average Bonchev–Trinajstić information content (AvgIpc) is 3.05. The first-order valence-corrected chi connectivity index (χ1v) is 15.4. The molecule has 2 aromatic carbocycles. The number of aliphatic hydroxyl groups excluding tert-OH is 1. The van der Waals surface area contributed by atoms with Crippen LogP contribution >= 0.6 is 0 Å². The van der Waals surface area contributed by atoms with Crippen molar-refractivity contribution in [3.63, 3.8) is 0 Å². The maximum Gasteiger partial charge on any atom is 0.243 e. The van der Waals surface area contributed by atoms with Gasteiger partial charge in [0.1, 0.15) is 0 Å². The van der Waals surface area contributed by atoms with E-state index in [-0.39, 0.29) is 31.1 Å². The second-order valence-electron chi connectivity index (χ2n) is 11.3. The van der Waals surface area contributed by atoms with Crippen molar-refractivity contribution in [3.8, 4) is 0 Å². The molecule has 1 fully saturated rings. The number of hydrogen-bond acceptors (Lipinski definition) is 8. The number of hydrogen-bond donors (Lipinski definition) is 4. The molecule has 1 aliphatic rings. The predicted molar refractivity (Wildman–Crippen MR) is 167 cm³/mol. The smallest absolute Gasteiger partial charge is 0.243 e. The van der Waals surface area contributed by atoms with Crippen LogP contribution in [0.25, 0.3) is 0 Å². The van der Waals surface area contributed by atoms with Gasteiger partial charge < -0.3 is 24.8 Å². The molecule has 3 aromatic rings. The Morgan fingerprint density at radius 1 is 0.932 bits per heavy atom. The third-order valence-corrected chi connectivity index (χ3v) is 7.73. The number of amides is 2. The van der Waals surface area contributed by atoms with E-state index in [1.807, 2.05) is 72.9 Å². The summed E-state index contributed by atoms with van der Waals surface area (Å²) in [5.41, 5.74) is 6.06. The monoisotopic (exact) mass is 604 g/mol.